The molecule has 0 unspecified atom stereocenters. The molecule has 0 aliphatic carbocycles. The van der Waals surface area contributed by atoms with Crippen LogP contribution in [0.15, 0.2) is 65.6 Å². The molecule has 6 nitrogen and oxygen atoms in total. The predicted octanol–water partition coefficient (Wildman–Crippen LogP) is 5.99. The van der Waals surface area contributed by atoms with Gasteiger partial charge >= 0.3 is 6.18 Å². The lowest BCUT2D eigenvalue weighted by Crippen LogP contribution is -2.44. The van der Waals surface area contributed by atoms with Crippen LogP contribution in [0.25, 0.3) is 0 Å². The van der Waals surface area contributed by atoms with Gasteiger partial charge in [-0.3, -0.25) is 9.59 Å². The zero-order valence-electron chi connectivity index (χ0n) is 20.6. The Morgan fingerprint density at radius 1 is 0.973 bits per heavy atom. The highest BCUT2D eigenvalue weighted by atomic mass is 32.2. The lowest BCUT2D eigenvalue weighted by Gasteiger charge is -2.40. The number of carbonyl (C=O) groups excluding carboxylic acids is 2. The second-order valence-electron chi connectivity index (χ2n) is 8.47. The number of alkyl halides is 3. The molecule has 2 atom stereocenters. The van der Waals surface area contributed by atoms with Crippen molar-refractivity contribution >= 4 is 29.3 Å². The molecular weight excluding hydrogens is 505 g/mol. The lowest BCUT2D eigenvalue weighted by molar-refractivity contribution is -0.137. The third-order valence-electron chi connectivity index (χ3n) is 6.39. The number of hydrogen-bond donors (Lipinski definition) is 1. The Balaban J connectivity index is 1.82. The van der Waals surface area contributed by atoms with Gasteiger partial charge in [0.1, 0.15) is 0 Å². The molecule has 0 saturated heterocycles. The molecule has 3 aromatic carbocycles. The van der Waals surface area contributed by atoms with Crippen LogP contribution < -0.4 is 14.8 Å². The number of amides is 2. The molecule has 3 aromatic rings. The summed E-state index contributed by atoms with van der Waals surface area (Å²) in [5.74, 6) is -0.977. The molecule has 2 amide bonds. The standard InChI is InChI=1S/C27H25F3N2O4S/c1-32-24(15-5-11-18(37-4)12-6-15)23(19-13-21(35-2)22(36-3)14-20(19)26(32)34)25(33)31-17-9-7-16(8-10-17)27(28,29)30/h5-14,23-24H,1-4H3,(H,31,33)/t23-,24+/m1/s1. The van der Waals surface area contributed by atoms with Crippen molar-refractivity contribution in [3.8, 4) is 11.5 Å². The summed E-state index contributed by atoms with van der Waals surface area (Å²) in [7, 11) is 4.52. The molecule has 1 N–H and O–H groups in total. The number of nitrogens with one attached hydrogen (secondary N) is 1. The van der Waals surface area contributed by atoms with Gasteiger partial charge in [0.25, 0.3) is 5.91 Å². The molecule has 0 fully saturated rings. The summed E-state index contributed by atoms with van der Waals surface area (Å²) in [6.45, 7) is 0. The first-order chi connectivity index (χ1) is 17.6. The molecule has 4 rings (SSSR count). The number of fused-ring (bicyclic) bond motifs is 1. The fraction of sp³-hybridized carbons (Fsp3) is 0.259. The van der Waals surface area contributed by atoms with E-state index in [1.807, 2.05) is 30.5 Å². The molecule has 0 saturated carbocycles. The van der Waals surface area contributed by atoms with Crippen LogP contribution in [0.2, 0.25) is 0 Å². The maximum absolute atomic E-state index is 13.8. The van der Waals surface area contributed by atoms with E-state index in [2.05, 4.69) is 5.32 Å². The predicted molar refractivity (Wildman–Crippen MR) is 135 cm³/mol. The maximum atomic E-state index is 13.8. The summed E-state index contributed by atoms with van der Waals surface area (Å²) in [5, 5.41) is 2.73. The number of benzene rings is 3. The minimum Gasteiger partial charge on any atom is -0.493 e. The van der Waals surface area contributed by atoms with E-state index in [4.69, 9.17) is 9.47 Å². The zero-order valence-corrected chi connectivity index (χ0v) is 21.4. The number of hydrogen-bond acceptors (Lipinski definition) is 5. The Labute approximate surface area is 216 Å². The number of carbonyl (C=O) groups is 2. The summed E-state index contributed by atoms with van der Waals surface area (Å²) in [6, 6.07) is 14.3. The van der Waals surface area contributed by atoms with Crippen LogP contribution in [-0.4, -0.2) is 44.2 Å². The average Bonchev–Trinajstić information content (AvgIpc) is 2.89. The number of methoxy groups -OCH3 is 2. The van der Waals surface area contributed by atoms with Crippen molar-refractivity contribution < 1.29 is 32.2 Å². The molecule has 1 aliphatic rings. The first-order valence-corrected chi connectivity index (χ1v) is 12.5. The number of halogens is 3. The number of rotatable bonds is 6. The number of likely N-dealkylation sites (N-methyl/N-ethyl adjacent to an activating group) is 1. The summed E-state index contributed by atoms with van der Waals surface area (Å²) < 4.78 is 49.8. The lowest BCUT2D eigenvalue weighted by atomic mass is 9.79. The zero-order chi connectivity index (χ0) is 26.9. The molecule has 0 spiro atoms. The van der Waals surface area contributed by atoms with E-state index >= 15 is 0 Å². The Hall–Kier alpha value is -3.66. The van der Waals surface area contributed by atoms with Gasteiger partial charge in [0.05, 0.1) is 31.7 Å². The van der Waals surface area contributed by atoms with Crippen LogP contribution >= 0.6 is 11.8 Å². The Morgan fingerprint density at radius 2 is 1.57 bits per heavy atom. The molecule has 1 aliphatic heterocycles. The summed E-state index contributed by atoms with van der Waals surface area (Å²) in [5.41, 5.74) is 0.842. The molecule has 0 radical (unpaired) electrons. The third kappa shape index (κ3) is 5.11. The second-order valence-corrected chi connectivity index (χ2v) is 9.35. The Bertz CT molecular complexity index is 1310. The van der Waals surface area contributed by atoms with Gasteiger partial charge in [-0.05, 0) is 65.9 Å². The molecular formula is C27H25F3N2O4S. The molecule has 194 valence electrons. The normalized spacial score (nSPS) is 17.3. The monoisotopic (exact) mass is 530 g/mol. The van der Waals surface area contributed by atoms with Gasteiger partial charge in [-0.2, -0.15) is 13.2 Å². The van der Waals surface area contributed by atoms with Crippen molar-refractivity contribution in [2.24, 2.45) is 0 Å². The fourth-order valence-electron chi connectivity index (χ4n) is 4.51. The van der Waals surface area contributed by atoms with E-state index in [-0.39, 0.29) is 17.2 Å². The topological polar surface area (TPSA) is 67.9 Å². The van der Waals surface area contributed by atoms with Crippen molar-refractivity contribution in [3.63, 3.8) is 0 Å². The molecule has 1 heterocycles. The van der Waals surface area contributed by atoms with E-state index in [0.29, 0.717) is 17.1 Å². The van der Waals surface area contributed by atoms with Gasteiger partial charge in [-0.25, -0.2) is 0 Å². The van der Waals surface area contributed by atoms with Crippen molar-refractivity contribution in [1.82, 2.24) is 4.90 Å². The van der Waals surface area contributed by atoms with Crippen molar-refractivity contribution in [1.29, 1.82) is 0 Å². The first-order valence-electron chi connectivity index (χ1n) is 11.2. The average molecular weight is 531 g/mol. The van der Waals surface area contributed by atoms with E-state index < -0.39 is 29.6 Å². The molecule has 37 heavy (non-hydrogen) atoms. The highest BCUT2D eigenvalue weighted by Gasteiger charge is 2.43. The SMILES string of the molecule is COc1cc2c(cc1OC)[C@@H](C(=O)Nc1ccc(C(F)(F)F)cc1)[C@H](c1ccc(SC)cc1)N(C)C2=O. The van der Waals surface area contributed by atoms with Crippen LogP contribution in [0, 0.1) is 0 Å². The van der Waals surface area contributed by atoms with Crippen LogP contribution in [0.3, 0.4) is 0 Å². The molecule has 10 heteroatoms. The van der Waals surface area contributed by atoms with Gasteiger partial charge in [0.15, 0.2) is 11.5 Å². The number of thioether (sulfide) groups is 1. The quantitative estimate of drug-likeness (QED) is 0.397. The maximum Gasteiger partial charge on any atom is 0.416 e. The highest BCUT2D eigenvalue weighted by molar-refractivity contribution is 7.98. The smallest absolute Gasteiger partial charge is 0.416 e. The summed E-state index contributed by atoms with van der Waals surface area (Å²) in [4.78, 5) is 29.7. The van der Waals surface area contributed by atoms with E-state index in [1.54, 1.807) is 30.9 Å². The largest absolute Gasteiger partial charge is 0.493 e. The highest BCUT2D eigenvalue weighted by Crippen LogP contribution is 2.46. The van der Waals surface area contributed by atoms with E-state index in [9.17, 15) is 22.8 Å². The molecule has 0 bridgehead atoms. The van der Waals surface area contributed by atoms with Gasteiger partial charge in [-0.1, -0.05) is 12.1 Å². The van der Waals surface area contributed by atoms with Gasteiger partial charge in [0.2, 0.25) is 5.91 Å². The van der Waals surface area contributed by atoms with Crippen molar-refractivity contribution in [2.75, 3.05) is 32.8 Å². The van der Waals surface area contributed by atoms with E-state index in [1.165, 1.54) is 31.3 Å². The Kier molecular flexibility index (Phi) is 7.40. The first kappa shape index (κ1) is 26.4. The van der Waals surface area contributed by atoms with E-state index in [0.717, 1.165) is 22.6 Å². The second kappa shape index (κ2) is 10.4. The minimum atomic E-state index is -4.49. The third-order valence-corrected chi connectivity index (χ3v) is 7.14. The van der Waals surface area contributed by atoms with Crippen molar-refractivity contribution in [2.45, 2.75) is 23.0 Å². The van der Waals surface area contributed by atoms with Crippen LogP contribution in [-0.2, 0) is 11.0 Å². The summed E-state index contributed by atoms with van der Waals surface area (Å²) in [6.07, 6.45) is -2.54. The fourth-order valence-corrected chi connectivity index (χ4v) is 4.92. The van der Waals surface area contributed by atoms with Gasteiger partial charge in [-0.15, -0.1) is 11.8 Å². The number of anilines is 1. The van der Waals surface area contributed by atoms with Crippen LogP contribution in [0.4, 0.5) is 18.9 Å². The molecule has 0 aromatic heterocycles. The summed E-state index contributed by atoms with van der Waals surface area (Å²) >= 11 is 1.56. The minimum absolute atomic E-state index is 0.205. The Morgan fingerprint density at radius 3 is 2.11 bits per heavy atom. The van der Waals surface area contributed by atoms with Crippen molar-refractivity contribution in [3.05, 3.63) is 82.9 Å². The van der Waals surface area contributed by atoms with Crippen LogP contribution in [0.1, 0.15) is 39.0 Å². The van der Waals surface area contributed by atoms with Crippen LogP contribution in [0.5, 0.6) is 11.5 Å². The number of ether oxygens (including phenoxy) is 2. The van der Waals surface area contributed by atoms with Gasteiger partial charge < -0.3 is 19.7 Å². The number of nitrogens with zero attached hydrogens (tertiary/aromatic N) is 1. The van der Waals surface area contributed by atoms with Gasteiger partial charge in [0, 0.05) is 23.2 Å².